The fraction of sp³-hybridized carbons (Fsp3) is 0.571. The zero-order valence-corrected chi connectivity index (χ0v) is 10.9. The fourth-order valence-electron chi connectivity index (χ4n) is 1.78. The molecule has 2 N–H and O–H groups in total. The lowest BCUT2D eigenvalue weighted by atomic mass is 10.2. The van der Waals surface area contributed by atoms with Crippen LogP contribution in [0.15, 0.2) is 30.3 Å². The van der Waals surface area contributed by atoms with Crippen LogP contribution in [0.1, 0.15) is 18.9 Å². The molecule has 1 aromatic rings. The van der Waals surface area contributed by atoms with Gasteiger partial charge in [-0.05, 0) is 26.0 Å². The highest BCUT2D eigenvalue weighted by atomic mass is 16.5. The summed E-state index contributed by atoms with van der Waals surface area (Å²) in [4.78, 5) is 2.25. The molecule has 1 aromatic carbocycles. The number of benzene rings is 1. The van der Waals surface area contributed by atoms with Gasteiger partial charge in [0.25, 0.3) is 0 Å². The van der Waals surface area contributed by atoms with Crippen molar-refractivity contribution in [3.8, 4) is 0 Å². The summed E-state index contributed by atoms with van der Waals surface area (Å²) in [5.41, 5.74) is 6.96. The van der Waals surface area contributed by atoms with Gasteiger partial charge in [0, 0.05) is 25.7 Å². The lowest BCUT2D eigenvalue weighted by molar-refractivity contribution is 0.111. The first kappa shape index (κ1) is 14.2. The minimum absolute atomic E-state index is 0.241. The zero-order valence-electron chi connectivity index (χ0n) is 10.9. The molecule has 0 aliphatic heterocycles. The minimum Gasteiger partial charge on any atom is -0.377 e. The van der Waals surface area contributed by atoms with Gasteiger partial charge in [0.2, 0.25) is 0 Å². The van der Waals surface area contributed by atoms with Gasteiger partial charge in [-0.15, -0.1) is 0 Å². The molecule has 0 bridgehead atoms. The van der Waals surface area contributed by atoms with Gasteiger partial charge in [0.1, 0.15) is 0 Å². The SMILES string of the molecule is C[C@H](N)CN(C)CCCOCc1ccccc1. The predicted octanol–water partition coefficient (Wildman–Crippen LogP) is 1.87. The second-order valence-electron chi connectivity index (χ2n) is 4.63. The monoisotopic (exact) mass is 236 g/mol. The lowest BCUT2D eigenvalue weighted by Crippen LogP contribution is -2.33. The molecule has 0 aliphatic carbocycles. The Labute approximate surface area is 105 Å². The van der Waals surface area contributed by atoms with E-state index in [9.17, 15) is 0 Å². The molecule has 0 fully saturated rings. The molecule has 0 saturated heterocycles. The van der Waals surface area contributed by atoms with Crippen LogP contribution in [0.25, 0.3) is 0 Å². The second kappa shape index (κ2) is 8.23. The number of nitrogens with two attached hydrogens (primary N) is 1. The molecule has 3 nitrogen and oxygen atoms in total. The van der Waals surface area contributed by atoms with Crippen LogP contribution in [0, 0.1) is 0 Å². The van der Waals surface area contributed by atoms with Gasteiger partial charge < -0.3 is 15.4 Å². The van der Waals surface area contributed by atoms with Gasteiger partial charge in [-0.3, -0.25) is 0 Å². The van der Waals surface area contributed by atoms with Crippen LogP contribution >= 0.6 is 0 Å². The van der Waals surface area contributed by atoms with E-state index in [1.807, 2.05) is 25.1 Å². The van der Waals surface area contributed by atoms with Crippen molar-refractivity contribution in [1.82, 2.24) is 4.90 Å². The Balaban J connectivity index is 2.01. The summed E-state index contributed by atoms with van der Waals surface area (Å²) in [6, 6.07) is 10.5. The maximum absolute atomic E-state index is 5.73. The van der Waals surface area contributed by atoms with E-state index in [0.29, 0.717) is 6.61 Å². The van der Waals surface area contributed by atoms with Crippen LogP contribution in [-0.2, 0) is 11.3 Å². The molecule has 1 atom stereocenters. The van der Waals surface area contributed by atoms with Crippen molar-refractivity contribution in [2.75, 3.05) is 26.7 Å². The lowest BCUT2D eigenvalue weighted by Gasteiger charge is -2.18. The number of hydrogen-bond donors (Lipinski definition) is 1. The van der Waals surface area contributed by atoms with E-state index in [4.69, 9.17) is 10.5 Å². The molecular weight excluding hydrogens is 212 g/mol. The summed E-state index contributed by atoms with van der Waals surface area (Å²) in [6.07, 6.45) is 1.05. The van der Waals surface area contributed by atoms with Crippen molar-refractivity contribution in [3.05, 3.63) is 35.9 Å². The first-order valence-corrected chi connectivity index (χ1v) is 6.24. The second-order valence-corrected chi connectivity index (χ2v) is 4.63. The van der Waals surface area contributed by atoms with Crippen LogP contribution < -0.4 is 5.73 Å². The minimum atomic E-state index is 0.241. The summed E-state index contributed by atoms with van der Waals surface area (Å²) in [6.45, 7) is 5.52. The maximum Gasteiger partial charge on any atom is 0.0716 e. The molecule has 0 amide bonds. The molecule has 0 saturated carbocycles. The van der Waals surface area contributed by atoms with Crippen molar-refractivity contribution in [2.24, 2.45) is 5.73 Å². The predicted molar refractivity (Wildman–Crippen MR) is 71.9 cm³/mol. The van der Waals surface area contributed by atoms with E-state index in [0.717, 1.165) is 26.1 Å². The number of ether oxygens (including phenoxy) is 1. The Bertz CT molecular complexity index is 288. The molecule has 96 valence electrons. The average molecular weight is 236 g/mol. The van der Waals surface area contributed by atoms with Gasteiger partial charge >= 0.3 is 0 Å². The number of hydrogen-bond acceptors (Lipinski definition) is 3. The highest BCUT2D eigenvalue weighted by Gasteiger charge is 2.01. The van der Waals surface area contributed by atoms with Gasteiger partial charge in [0.05, 0.1) is 6.61 Å². The third-order valence-electron chi connectivity index (χ3n) is 2.54. The van der Waals surface area contributed by atoms with Gasteiger partial charge in [0.15, 0.2) is 0 Å². The largest absolute Gasteiger partial charge is 0.377 e. The molecule has 0 spiro atoms. The summed E-state index contributed by atoms with van der Waals surface area (Å²) >= 11 is 0. The molecule has 17 heavy (non-hydrogen) atoms. The van der Waals surface area contributed by atoms with Crippen molar-refractivity contribution < 1.29 is 4.74 Å². The van der Waals surface area contributed by atoms with E-state index in [1.54, 1.807) is 0 Å². The van der Waals surface area contributed by atoms with E-state index in [1.165, 1.54) is 5.56 Å². The molecular formula is C14H24N2O. The van der Waals surface area contributed by atoms with Crippen LogP contribution in [0.4, 0.5) is 0 Å². The third-order valence-corrected chi connectivity index (χ3v) is 2.54. The maximum atomic E-state index is 5.73. The van der Waals surface area contributed by atoms with Crippen LogP contribution in [-0.4, -0.2) is 37.7 Å². The summed E-state index contributed by atoms with van der Waals surface area (Å²) in [5.74, 6) is 0. The normalized spacial score (nSPS) is 12.9. The summed E-state index contributed by atoms with van der Waals surface area (Å²) < 4.78 is 5.62. The Hall–Kier alpha value is -0.900. The Morgan fingerprint density at radius 1 is 1.29 bits per heavy atom. The van der Waals surface area contributed by atoms with Gasteiger partial charge in [-0.2, -0.15) is 0 Å². The van der Waals surface area contributed by atoms with Crippen molar-refractivity contribution in [2.45, 2.75) is 26.0 Å². The van der Waals surface area contributed by atoms with Crippen molar-refractivity contribution >= 4 is 0 Å². The van der Waals surface area contributed by atoms with E-state index in [2.05, 4.69) is 24.1 Å². The van der Waals surface area contributed by atoms with E-state index in [-0.39, 0.29) is 6.04 Å². The average Bonchev–Trinajstić information content (AvgIpc) is 2.29. The molecule has 0 heterocycles. The summed E-state index contributed by atoms with van der Waals surface area (Å²) in [5, 5.41) is 0. The van der Waals surface area contributed by atoms with Crippen molar-refractivity contribution in [1.29, 1.82) is 0 Å². The van der Waals surface area contributed by atoms with Gasteiger partial charge in [-0.1, -0.05) is 30.3 Å². The van der Waals surface area contributed by atoms with E-state index >= 15 is 0 Å². The Morgan fingerprint density at radius 3 is 2.65 bits per heavy atom. The molecule has 0 aliphatic rings. The van der Waals surface area contributed by atoms with Gasteiger partial charge in [-0.25, -0.2) is 0 Å². The van der Waals surface area contributed by atoms with Crippen LogP contribution in [0.3, 0.4) is 0 Å². The molecule has 0 radical (unpaired) electrons. The number of likely N-dealkylation sites (N-methyl/N-ethyl adjacent to an activating group) is 1. The number of nitrogens with zero attached hydrogens (tertiary/aromatic N) is 1. The molecule has 3 heteroatoms. The smallest absolute Gasteiger partial charge is 0.0716 e. The molecule has 0 unspecified atom stereocenters. The standard InChI is InChI=1S/C14H24N2O/c1-13(15)11-16(2)9-6-10-17-12-14-7-4-3-5-8-14/h3-5,7-8,13H,6,9-12,15H2,1-2H3/t13-/m0/s1. The highest BCUT2D eigenvalue weighted by Crippen LogP contribution is 2.01. The third kappa shape index (κ3) is 7.10. The fourth-order valence-corrected chi connectivity index (χ4v) is 1.78. The highest BCUT2D eigenvalue weighted by molar-refractivity contribution is 5.13. The number of rotatable bonds is 8. The Kier molecular flexibility index (Phi) is 6.86. The van der Waals surface area contributed by atoms with Crippen molar-refractivity contribution in [3.63, 3.8) is 0 Å². The molecule has 0 aromatic heterocycles. The van der Waals surface area contributed by atoms with E-state index < -0.39 is 0 Å². The zero-order chi connectivity index (χ0) is 12.5. The first-order valence-electron chi connectivity index (χ1n) is 6.24. The quantitative estimate of drug-likeness (QED) is 0.700. The molecule has 1 rings (SSSR count). The van der Waals surface area contributed by atoms with Crippen LogP contribution in [0.5, 0.6) is 0 Å². The topological polar surface area (TPSA) is 38.5 Å². The van der Waals surface area contributed by atoms with Crippen LogP contribution in [0.2, 0.25) is 0 Å². The summed E-state index contributed by atoms with van der Waals surface area (Å²) in [7, 11) is 2.10. The Morgan fingerprint density at radius 2 is 2.00 bits per heavy atom. The first-order chi connectivity index (χ1) is 8.18.